The number of carboxylic acid groups (broad SMARTS) is 1. The van der Waals surface area contributed by atoms with Gasteiger partial charge in [0, 0.05) is 0 Å². The van der Waals surface area contributed by atoms with E-state index in [0.717, 1.165) is 11.7 Å². The van der Waals surface area contributed by atoms with Crippen molar-refractivity contribution in [2.75, 3.05) is 0 Å². The molecule has 0 aliphatic rings. The molecular weight excluding hydrogens is 467 g/mol. The van der Waals surface area contributed by atoms with E-state index in [2.05, 4.69) is 100 Å². The Morgan fingerprint density at radius 2 is 0.968 bits per heavy atom. The van der Waals surface area contributed by atoms with E-state index in [4.69, 9.17) is 5.11 Å². The topological polar surface area (TPSA) is 37.3 Å². The zero-order chi connectivity index (χ0) is 21.8. The molecule has 0 bridgehead atoms. The summed E-state index contributed by atoms with van der Waals surface area (Å²) in [5.74, 6) is -0.814. The maximum absolute atomic E-state index is 11.1. The molecule has 0 fully saturated rings. The second-order valence-corrected chi connectivity index (χ2v) is 16.7. The van der Waals surface area contributed by atoms with Crippen molar-refractivity contribution in [2.24, 2.45) is 0 Å². The van der Waals surface area contributed by atoms with Crippen LogP contribution in [0.15, 0.2) is 115 Å². The average Bonchev–Trinajstić information content (AvgIpc) is 2.82. The molecule has 4 aromatic carbocycles. The molecular formula is C27H24BrO2P. The van der Waals surface area contributed by atoms with Crippen LogP contribution in [0.1, 0.15) is 11.1 Å². The third-order valence-electron chi connectivity index (χ3n) is 5.74. The van der Waals surface area contributed by atoms with Crippen molar-refractivity contribution in [3.8, 4) is 0 Å². The minimum atomic E-state index is -3.04. The first-order chi connectivity index (χ1) is 15.0. The van der Waals surface area contributed by atoms with E-state index in [0.29, 0.717) is 0 Å². The summed E-state index contributed by atoms with van der Waals surface area (Å²) in [5, 5.41) is 9.87. The molecule has 4 aromatic rings. The van der Waals surface area contributed by atoms with Crippen LogP contribution >= 0.6 is 20.8 Å². The summed E-state index contributed by atoms with van der Waals surface area (Å²) in [6, 6.07) is 40.0. The number of rotatable bonds is 7. The number of hydrogen-bond acceptors (Lipinski definition) is 1. The first kappa shape index (κ1) is 21.5. The molecule has 0 amide bonds. The SMILES string of the molecule is O=C(O)Cc1ccc(CP(Br)(c2ccccc2)(c2ccccc2)c2ccccc2)cc1. The van der Waals surface area contributed by atoms with E-state index < -0.39 is 11.3 Å². The van der Waals surface area contributed by atoms with Gasteiger partial charge in [0.1, 0.15) is 0 Å². The van der Waals surface area contributed by atoms with E-state index in [1.165, 1.54) is 21.5 Å². The van der Waals surface area contributed by atoms with Crippen molar-refractivity contribution in [1.29, 1.82) is 0 Å². The number of benzene rings is 4. The standard InChI is InChI=1S/C27H24BrO2P/c28-31(24-10-4-1-5-11-24,25-12-6-2-7-13-25,26-14-8-3-9-15-26)21-23-18-16-22(17-19-23)20-27(29)30/h1-19H,20-21H2,(H,29,30). The van der Waals surface area contributed by atoms with Crippen LogP contribution < -0.4 is 15.9 Å². The average molecular weight is 491 g/mol. The van der Waals surface area contributed by atoms with E-state index in [-0.39, 0.29) is 6.42 Å². The summed E-state index contributed by atoms with van der Waals surface area (Å²) in [6.07, 6.45) is 0.825. The Balaban J connectivity index is 1.96. The Morgan fingerprint density at radius 1 is 0.613 bits per heavy atom. The molecule has 156 valence electrons. The molecule has 0 saturated carbocycles. The van der Waals surface area contributed by atoms with Gasteiger partial charge in [-0.3, -0.25) is 0 Å². The van der Waals surface area contributed by atoms with Crippen LogP contribution in [0.2, 0.25) is 0 Å². The molecule has 0 radical (unpaired) electrons. The van der Waals surface area contributed by atoms with E-state index in [9.17, 15) is 4.79 Å². The van der Waals surface area contributed by atoms with E-state index in [1.54, 1.807) is 0 Å². The zero-order valence-corrected chi connectivity index (χ0v) is 19.5. The Morgan fingerprint density at radius 3 is 1.32 bits per heavy atom. The van der Waals surface area contributed by atoms with Gasteiger partial charge in [0.2, 0.25) is 0 Å². The molecule has 0 unspecified atom stereocenters. The molecule has 0 aliphatic heterocycles. The van der Waals surface area contributed by atoms with Crippen molar-refractivity contribution < 1.29 is 9.90 Å². The molecule has 0 aromatic heterocycles. The van der Waals surface area contributed by atoms with Gasteiger partial charge in [-0.2, -0.15) is 0 Å². The second-order valence-electron chi connectivity index (χ2n) is 7.73. The Labute approximate surface area is 191 Å². The fourth-order valence-corrected chi connectivity index (χ4v) is 11.9. The molecule has 1 N–H and O–H groups in total. The van der Waals surface area contributed by atoms with Gasteiger partial charge < -0.3 is 0 Å². The number of carbonyl (C=O) groups is 1. The van der Waals surface area contributed by atoms with Crippen molar-refractivity contribution in [3.63, 3.8) is 0 Å². The molecule has 0 saturated heterocycles. The Hall–Kier alpha value is -2.74. The second kappa shape index (κ2) is 8.78. The fraction of sp³-hybridized carbons (Fsp3) is 0.0741. The zero-order valence-electron chi connectivity index (χ0n) is 17.1. The predicted octanol–water partition coefficient (Wildman–Crippen LogP) is 5.65. The normalized spacial score (nSPS) is 12.6. The molecule has 4 heteroatoms. The molecule has 0 atom stereocenters. The molecule has 0 spiro atoms. The summed E-state index contributed by atoms with van der Waals surface area (Å²) in [7, 11) is 0. The van der Waals surface area contributed by atoms with Crippen molar-refractivity contribution >= 4 is 42.7 Å². The van der Waals surface area contributed by atoms with Gasteiger partial charge in [0.05, 0.1) is 0 Å². The summed E-state index contributed by atoms with van der Waals surface area (Å²) >= 11 is 4.45. The molecule has 31 heavy (non-hydrogen) atoms. The molecule has 0 aliphatic carbocycles. The van der Waals surface area contributed by atoms with Crippen LogP contribution in [-0.4, -0.2) is 11.1 Å². The van der Waals surface area contributed by atoms with E-state index in [1.807, 2.05) is 30.3 Å². The fourth-order valence-electron chi connectivity index (χ4n) is 4.22. The Bertz CT molecular complexity index is 1060. The van der Waals surface area contributed by atoms with Gasteiger partial charge in [-0.15, -0.1) is 0 Å². The first-order valence-corrected chi connectivity index (χ1v) is 14.6. The van der Waals surface area contributed by atoms with Crippen LogP contribution in [0.4, 0.5) is 0 Å². The van der Waals surface area contributed by atoms with Crippen LogP contribution in [0.3, 0.4) is 0 Å². The third-order valence-corrected chi connectivity index (χ3v) is 15.3. The Kier molecular flexibility index (Phi) is 6.09. The summed E-state index contributed by atoms with van der Waals surface area (Å²) in [5.41, 5.74) is 1.98. The van der Waals surface area contributed by atoms with Crippen molar-refractivity contribution in [1.82, 2.24) is 0 Å². The van der Waals surface area contributed by atoms with Crippen LogP contribution in [0, 0.1) is 0 Å². The predicted molar refractivity (Wildman–Crippen MR) is 136 cm³/mol. The summed E-state index contributed by atoms with van der Waals surface area (Å²) in [6.45, 7) is 0. The molecule has 4 rings (SSSR count). The number of hydrogen-bond donors (Lipinski definition) is 1. The van der Waals surface area contributed by atoms with Gasteiger partial charge in [0.25, 0.3) is 0 Å². The monoisotopic (exact) mass is 490 g/mol. The van der Waals surface area contributed by atoms with Crippen molar-refractivity contribution in [3.05, 3.63) is 126 Å². The van der Waals surface area contributed by atoms with E-state index >= 15 is 0 Å². The third kappa shape index (κ3) is 4.08. The number of aliphatic carboxylic acids is 1. The first-order valence-electron chi connectivity index (χ1n) is 10.2. The van der Waals surface area contributed by atoms with Gasteiger partial charge >= 0.3 is 192 Å². The number of halogens is 1. The quantitative estimate of drug-likeness (QED) is 0.339. The molecule has 0 heterocycles. The molecule has 2 nitrogen and oxygen atoms in total. The van der Waals surface area contributed by atoms with Crippen LogP contribution in [-0.2, 0) is 17.4 Å². The maximum atomic E-state index is 11.1. The van der Waals surface area contributed by atoms with Gasteiger partial charge in [-0.1, -0.05) is 0 Å². The van der Waals surface area contributed by atoms with Crippen molar-refractivity contribution in [2.45, 2.75) is 12.6 Å². The van der Waals surface area contributed by atoms with Crippen LogP contribution in [0.5, 0.6) is 0 Å². The van der Waals surface area contributed by atoms with Gasteiger partial charge in [-0.25, -0.2) is 0 Å². The van der Waals surface area contributed by atoms with Gasteiger partial charge in [-0.05, 0) is 0 Å². The van der Waals surface area contributed by atoms with Gasteiger partial charge in [0.15, 0.2) is 0 Å². The summed E-state index contributed by atoms with van der Waals surface area (Å²) < 4.78 is 0. The number of carboxylic acids is 1. The summed E-state index contributed by atoms with van der Waals surface area (Å²) in [4.78, 5) is 11.1. The van der Waals surface area contributed by atoms with Crippen LogP contribution in [0.25, 0.3) is 0 Å². The minimum absolute atomic E-state index is 0.0360.